The molecule has 1 N–H and O–H groups in total. The molecule has 0 aromatic heterocycles. The van der Waals surface area contributed by atoms with Crippen molar-refractivity contribution < 1.29 is 14.7 Å². The van der Waals surface area contributed by atoms with Gasteiger partial charge in [0.2, 0.25) is 0 Å². The molecule has 0 saturated carbocycles. The van der Waals surface area contributed by atoms with Gasteiger partial charge in [-0.15, -0.1) is 0 Å². The minimum Gasteiger partial charge on any atom is -0.507 e. The first-order valence-electron chi connectivity index (χ1n) is 8.74. The van der Waals surface area contributed by atoms with Gasteiger partial charge in [0.05, 0.1) is 11.6 Å². The molecule has 0 aliphatic carbocycles. The van der Waals surface area contributed by atoms with Crippen LogP contribution in [0.1, 0.15) is 17.2 Å². The Morgan fingerprint density at radius 3 is 2.29 bits per heavy atom. The summed E-state index contributed by atoms with van der Waals surface area (Å²) in [6.45, 7) is 0.969. The Balaban J connectivity index is 2.13. The van der Waals surface area contributed by atoms with E-state index in [-0.39, 0.29) is 11.3 Å². The van der Waals surface area contributed by atoms with Crippen LogP contribution < -0.4 is 0 Å². The van der Waals surface area contributed by atoms with Gasteiger partial charge in [-0.05, 0) is 56.1 Å². The standard InChI is InChI=1S/C21H20BrClN2O3/c1-24(2)11-12-25-18(13-3-7-15(22)8-4-13)17(20(27)21(25)28)19(26)14-5-9-16(23)10-6-14/h3-10,18,26H,11-12H2,1-2H3/t18-/m1/s1. The molecule has 0 radical (unpaired) electrons. The van der Waals surface area contributed by atoms with E-state index in [0.29, 0.717) is 23.7 Å². The lowest BCUT2D eigenvalue weighted by Gasteiger charge is -2.26. The van der Waals surface area contributed by atoms with Gasteiger partial charge in [0.25, 0.3) is 11.7 Å². The number of carbonyl (C=O) groups excluding carboxylic acids is 2. The summed E-state index contributed by atoms with van der Waals surface area (Å²) in [4.78, 5) is 29.0. The average molecular weight is 464 g/mol. The molecule has 1 atom stereocenters. The van der Waals surface area contributed by atoms with Crippen LogP contribution in [0, 0.1) is 0 Å². The minimum atomic E-state index is -0.681. The smallest absolute Gasteiger partial charge is 0.295 e. The lowest BCUT2D eigenvalue weighted by molar-refractivity contribution is -0.140. The summed E-state index contributed by atoms with van der Waals surface area (Å²) in [5, 5.41) is 11.4. The van der Waals surface area contributed by atoms with Crippen molar-refractivity contribution in [3.05, 3.63) is 74.7 Å². The molecule has 1 amide bonds. The second-order valence-corrected chi connectivity index (χ2v) is 8.21. The van der Waals surface area contributed by atoms with Gasteiger partial charge in [0.1, 0.15) is 5.76 Å². The predicted molar refractivity (Wildman–Crippen MR) is 113 cm³/mol. The Labute approximate surface area is 177 Å². The number of likely N-dealkylation sites (tertiary alicyclic amines) is 1. The number of benzene rings is 2. The molecule has 1 aliphatic rings. The lowest BCUT2D eigenvalue weighted by atomic mass is 9.95. The molecular formula is C21H20BrClN2O3. The van der Waals surface area contributed by atoms with Crippen molar-refractivity contribution in [1.82, 2.24) is 9.80 Å². The summed E-state index contributed by atoms with van der Waals surface area (Å²) in [5.74, 6) is -1.49. The highest BCUT2D eigenvalue weighted by Crippen LogP contribution is 2.39. The third-order valence-corrected chi connectivity index (χ3v) is 5.41. The number of Topliss-reactive ketones (excluding diaryl/α,β-unsaturated/α-hetero) is 1. The second-order valence-electron chi connectivity index (χ2n) is 6.85. The number of rotatable bonds is 5. The zero-order valence-corrected chi connectivity index (χ0v) is 17.9. The van der Waals surface area contributed by atoms with E-state index in [1.807, 2.05) is 43.3 Å². The maximum absolute atomic E-state index is 12.8. The first-order chi connectivity index (χ1) is 13.3. The SMILES string of the molecule is CN(C)CCN1C(=O)C(=O)C(=C(O)c2ccc(Cl)cc2)[C@H]1c1ccc(Br)cc1. The Kier molecular flexibility index (Phi) is 6.23. The van der Waals surface area contributed by atoms with Gasteiger partial charge >= 0.3 is 0 Å². The van der Waals surface area contributed by atoms with E-state index in [9.17, 15) is 14.7 Å². The van der Waals surface area contributed by atoms with Crippen molar-refractivity contribution in [2.75, 3.05) is 27.2 Å². The minimum absolute atomic E-state index is 0.0911. The summed E-state index contributed by atoms with van der Waals surface area (Å²) < 4.78 is 0.888. The van der Waals surface area contributed by atoms with Gasteiger partial charge in [-0.3, -0.25) is 9.59 Å². The zero-order chi connectivity index (χ0) is 20.4. The van der Waals surface area contributed by atoms with Crippen LogP contribution in [0.4, 0.5) is 0 Å². The number of hydrogen-bond acceptors (Lipinski definition) is 4. The number of ketones is 1. The Morgan fingerprint density at radius 2 is 1.71 bits per heavy atom. The van der Waals surface area contributed by atoms with E-state index in [4.69, 9.17) is 11.6 Å². The highest BCUT2D eigenvalue weighted by molar-refractivity contribution is 9.10. The molecule has 146 valence electrons. The predicted octanol–water partition coefficient (Wildman–Crippen LogP) is 4.09. The molecule has 1 heterocycles. The van der Waals surface area contributed by atoms with Gasteiger partial charge in [0, 0.05) is 28.1 Å². The number of carbonyl (C=O) groups is 2. The van der Waals surface area contributed by atoms with Crippen molar-refractivity contribution in [3.8, 4) is 0 Å². The number of aliphatic hydroxyl groups excluding tert-OH is 1. The maximum atomic E-state index is 12.8. The molecule has 1 aliphatic heterocycles. The quantitative estimate of drug-likeness (QED) is 0.412. The van der Waals surface area contributed by atoms with E-state index in [0.717, 1.165) is 10.0 Å². The van der Waals surface area contributed by atoms with Crippen LogP contribution in [0.25, 0.3) is 5.76 Å². The van der Waals surface area contributed by atoms with Crippen molar-refractivity contribution in [1.29, 1.82) is 0 Å². The molecule has 1 fully saturated rings. The highest BCUT2D eigenvalue weighted by Gasteiger charge is 2.45. The molecule has 0 spiro atoms. The van der Waals surface area contributed by atoms with Gasteiger partial charge < -0.3 is 14.9 Å². The van der Waals surface area contributed by atoms with Gasteiger partial charge in [-0.2, -0.15) is 0 Å². The summed E-state index contributed by atoms with van der Waals surface area (Å²) in [6, 6.07) is 13.3. The van der Waals surface area contributed by atoms with Crippen LogP contribution in [-0.2, 0) is 9.59 Å². The summed E-state index contributed by atoms with van der Waals surface area (Å²) in [7, 11) is 3.80. The fraction of sp³-hybridized carbons (Fsp3) is 0.238. The Hall–Kier alpha value is -2.15. The molecule has 28 heavy (non-hydrogen) atoms. The van der Waals surface area contributed by atoms with Crippen LogP contribution in [0.5, 0.6) is 0 Å². The van der Waals surface area contributed by atoms with Crippen molar-refractivity contribution in [2.45, 2.75) is 6.04 Å². The monoisotopic (exact) mass is 462 g/mol. The van der Waals surface area contributed by atoms with Crippen LogP contribution in [0.2, 0.25) is 5.02 Å². The Bertz CT molecular complexity index is 924. The maximum Gasteiger partial charge on any atom is 0.295 e. The number of halogens is 2. The topological polar surface area (TPSA) is 60.9 Å². The van der Waals surface area contributed by atoms with Crippen LogP contribution in [-0.4, -0.2) is 53.8 Å². The Morgan fingerprint density at radius 1 is 1.11 bits per heavy atom. The van der Waals surface area contributed by atoms with Crippen LogP contribution in [0.3, 0.4) is 0 Å². The van der Waals surface area contributed by atoms with Crippen LogP contribution >= 0.6 is 27.5 Å². The fourth-order valence-electron chi connectivity index (χ4n) is 3.17. The van der Waals surface area contributed by atoms with E-state index in [2.05, 4.69) is 15.9 Å². The van der Waals surface area contributed by atoms with Gasteiger partial charge in [0.15, 0.2) is 0 Å². The molecule has 2 aromatic rings. The molecule has 7 heteroatoms. The third kappa shape index (κ3) is 4.14. The summed E-state index contributed by atoms with van der Waals surface area (Å²) in [5.41, 5.74) is 1.29. The molecular weight excluding hydrogens is 444 g/mol. The van der Waals surface area contributed by atoms with Crippen molar-refractivity contribution >= 4 is 45.0 Å². The normalized spacial score (nSPS) is 18.9. The first kappa shape index (κ1) is 20.6. The largest absolute Gasteiger partial charge is 0.507 e. The highest BCUT2D eigenvalue weighted by atomic mass is 79.9. The molecule has 5 nitrogen and oxygen atoms in total. The first-order valence-corrected chi connectivity index (χ1v) is 9.91. The number of aliphatic hydroxyl groups is 1. The van der Waals surface area contributed by atoms with E-state index in [1.54, 1.807) is 24.3 Å². The number of amides is 1. The zero-order valence-electron chi connectivity index (χ0n) is 15.5. The number of nitrogens with zero attached hydrogens (tertiary/aromatic N) is 2. The average Bonchev–Trinajstić information content (AvgIpc) is 2.91. The van der Waals surface area contributed by atoms with E-state index < -0.39 is 17.7 Å². The molecule has 2 aromatic carbocycles. The number of hydrogen-bond donors (Lipinski definition) is 1. The lowest BCUT2D eigenvalue weighted by Crippen LogP contribution is -2.35. The van der Waals surface area contributed by atoms with E-state index in [1.165, 1.54) is 4.90 Å². The molecule has 0 bridgehead atoms. The summed E-state index contributed by atoms with van der Waals surface area (Å²) >= 11 is 9.33. The number of likely N-dealkylation sites (N-methyl/N-ethyl adjacent to an activating group) is 1. The van der Waals surface area contributed by atoms with E-state index >= 15 is 0 Å². The van der Waals surface area contributed by atoms with Crippen molar-refractivity contribution in [3.63, 3.8) is 0 Å². The van der Waals surface area contributed by atoms with Gasteiger partial charge in [-0.25, -0.2) is 0 Å². The molecule has 0 unspecified atom stereocenters. The molecule has 1 saturated heterocycles. The fourth-order valence-corrected chi connectivity index (χ4v) is 3.56. The third-order valence-electron chi connectivity index (χ3n) is 4.63. The second kappa shape index (κ2) is 8.47. The summed E-state index contributed by atoms with van der Waals surface area (Å²) in [6.07, 6.45) is 0. The molecule has 3 rings (SSSR count). The van der Waals surface area contributed by atoms with Gasteiger partial charge in [-0.1, -0.05) is 39.7 Å². The van der Waals surface area contributed by atoms with Crippen molar-refractivity contribution in [2.24, 2.45) is 0 Å². The van der Waals surface area contributed by atoms with Crippen LogP contribution in [0.15, 0.2) is 58.6 Å².